The number of nitrogen functional groups attached to an aromatic ring is 1. The van der Waals surface area contributed by atoms with E-state index in [1.54, 1.807) is 5.56 Å². The van der Waals surface area contributed by atoms with Crippen molar-refractivity contribution >= 4 is 5.69 Å². The highest BCUT2D eigenvalue weighted by molar-refractivity contribution is 5.56. The van der Waals surface area contributed by atoms with Gasteiger partial charge in [0.1, 0.15) is 0 Å². The number of hydrogen-bond donors (Lipinski definition) is 1. The lowest BCUT2D eigenvalue weighted by Crippen LogP contribution is -2.22. The fourth-order valence-electron chi connectivity index (χ4n) is 3.12. The molecule has 0 amide bonds. The molecule has 0 atom stereocenters. The van der Waals surface area contributed by atoms with Gasteiger partial charge in [-0.05, 0) is 54.7 Å². The summed E-state index contributed by atoms with van der Waals surface area (Å²) in [7, 11) is 0. The topological polar surface area (TPSA) is 26.0 Å². The predicted octanol–water partition coefficient (Wildman–Crippen LogP) is 3.02. The third-order valence-electron chi connectivity index (χ3n) is 3.75. The molecule has 3 aliphatic carbocycles. The number of nitrogens with two attached hydrogens (primary N) is 1. The smallest absolute Gasteiger partial charge is 0.0352 e. The SMILES string of the molecule is Nc1cccc2c1C1CCC2CC1. The van der Waals surface area contributed by atoms with Gasteiger partial charge >= 0.3 is 0 Å². The quantitative estimate of drug-likeness (QED) is 0.599. The first kappa shape index (κ1) is 7.43. The zero-order valence-electron chi connectivity index (χ0n) is 7.79. The van der Waals surface area contributed by atoms with Crippen LogP contribution in [0.1, 0.15) is 48.6 Å². The lowest BCUT2D eigenvalue weighted by molar-refractivity contribution is 0.360. The van der Waals surface area contributed by atoms with Crippen molar-refractivity contribution in [2.75, 3.05) is 5.73 Å². The molecule has 1 fully saturated rings. The van der Waals surface area contributed by atoms with Gasteiger partial charge in [0, 0.05) is 5.69 Å². The van der Waals surface area contributed by atoms with Crippen LogP contribution in [0.15, 0.2) is 18.2 Å². The summed E-state index contributed by atoms with van der Waals surface area (Å²) >= 11 is 0. The minimum atomic E-state index is 0.779. The average Bonchev–Trinajstić information content (AvgIpc) is 2.20. The summed E-state index contributed by atoms with van der Waals surface area (Å²) < 4.78 is 0. The van der Waals surface area contributed by atoms with Gasteiger partial charge in [-0.2, -0.15) is 0 Å². The number of hydrogen-bond acceptors (Lipinski definition) is 1. The molecule has 68 valence electrons. The van der Waals surface area contributed by atoms with Crippen molar-refractivity contribution in [3.63, 3.8) is 0 Å². The number of rotatable bonds is 0. The normalized spacial score (nSPS) is 30.2. The van der Waals surface area contributed by atoms with E-state index >= 15 is 0 Å². The van der Waals surface area contributed by atoms with E-state index in [2.05, 4.69) is 18.2 Å². The Bertz CT molecular complexity index is 335. The summed E-state index contributed by atoms with van der Waals surface area (Å²) in [4.78, 5) is 0. The summed E-state index contributed by atoms with van der Waals surface area (Å²) in [6.45, 7) is 0. The molecule has 0 radical (unpaired) electrons. The molecule has 0 spiro atoms. The largest absolute Gasteiger partial charge is 0.398 e. The van der Waals surface area contributed by atoms with Crippen molar-refractivity contribution in [2.24, 2.45) is 0 Å². The molecule has 1 nitrogen and oxygen atoms in total. The van der Waals surface area contributed by atoms with Gasteiger partial charge < -0.3 is 5.73 Å². The van der Waals surface area contributed by atoms with E-state index in [1.165, 1.54) is 31.2 Å². The molecule has 2 N–H and O–H groups in total. The second-order valence-electron chi connectivity index (χ2n) is 4.40. The second kappa shape index (κ2) is 2.50. The van der Waals surface area contributed by atoms with Gasteiger partial charge in [0.25, 0.3) is 0 Å². The van der Waals surface area contributed by atoms with Gasteiger partial charge in [-0.25, -0.2) is 0 Å². The van der Waals surface area contributed by atoms with Crippen molar-refractivity contribution in [3.8, 4) is 0 Å². The van der Waals surface area contributed by atoms with Crippen LogP contribution in [-0.4, -0.2) is 0 Å². The zero-order chi connectivity index (χ0) is 8.84. The van der Waals surface area contributed by atoms with Crippen LogP contribution in [0.4, 0.5) is 5.69 Å². The Kier molecular flexibility index (Phi) is 1.43. The Morgan fingerprint density at radius 2 is 1.69 bits per heavy atom. The van der Waals surface area contributed by atoms with E-state index in [0.29, 0.717) is 0 Å². The predicted molar refractivity (Wildman–Crippen MR) is 54.8 cm³/mol. The van der Waals surface area contributed by atoms with Crippen molar-refractivity contribution in [2.45, 2.75) is 37.5 Å². The van der Waals surface area contributed by atoms with Crippen LogP contribution in [0.25, 0.3) is 0 Å². The van der Waals surface area contributed by atoms with Crippen LogP contribution >= 0.6 is 0 Å². The molecule has 1 saturated carbocycles. The van der Waals surface area contributed by atoms with E-state index < -0.39 is 0 Å². The average molecular weight is 173 g/mol. The summed E-state index contributed by atoms with van der Waals surface area (Å²) in [5.41, 5.74) is 10.1. The summed E-state index contributed by atoms with van der Waals surface area (Å²) in [5, 5.41) is 0. The van der Waals surface area contributed by atoms with Crippen LogP contribution in [0.5, 0.6) is 0 Å². The second-order valence-corrected chi connectivity index (χ2v) is 4.40. The first-order valence-corrected chi connectivity index (χ1v) is 5.24. The van der Waals surface area contributed by atoms with Crippen LogP contribution in [0.3, 0.4) is 0 Å². The highest BCUT2D eigenvalue weighted by Crippen LogP contribution is 2.50. The lowest BCUT2D eigenvalue weighted by Gasteiger charge is -2.38. The van der Waals surface area contributed by atoms with E-state index in [4.69, 9.17) is 5.73 Å². The minimum Gasteiger partial charge on any atom is -0.398 e. The molecule has 0 aromatic heterocycles. The summed E-state index contributed by atoms with van der Waals surface area (Å²) in [5.74, 6) is 1.60. The maximum absolute atomic E-state index is 6.03. The third kappa shape index (κ3) is 0.932. The molecule has 1 aromatic carbocycles. The first-order chi connectivity index (χ1) is 6.36. The Morgan fingerprint density at radius 1 is 1.00 bits per heavy atom. The fraction of sp³-hybridized carbons (Fsp3) is 0.500. The monoisotopic (exact) mass is 173 g/mol. The summed E-state index contributed by atoms with van der Waals surface area (Å²) in [6, 6.07) is 6.44. The van der Waals surface area contributed by atoms with Gasteiger partial charge in [-0.15, -0.1) is 0 Å². The Labute approximate surface area is 78.9 Å². The molecule has 0 saturated heterocycles. The fourth-order valence-corrected chi connectivity index (χ4v) is 3.12. The van der Waals surface area contributed by atoms with Crippen molar-refractivity contribution in [3.05, 3.63) is 29.3 Å². The molecular weight excluding hydrogens is 158 g/mol. The molecule has 0 heterocycles. The molecule has 0 aliphatic heterocycles. The Morgan fingerprint density at radius 3 is 2.38 bits per heavy atom. The molecule has 1 aromatic rings. The van der Waals surface area contributed by atoms with E-state index in [0.717, 1.165) is 17.5 Å². The third-order valence-corrected chi connectivity index (χ3v) is 3.75. The van der Waals surface area contributed by atoms with E-state index in [-0.39, 0.29) is 0 Å². The number of benzene rings is 1. The first-order valence-electron chi connectivity index (χ1n) is 5.24. The van der Waals surface area contributed by atoms with E-state index in [9.17, 15) is 0 Å². The van der Waals surface area contributed by atoms with Crippen LogP contribution in [0.2, 0.25) is 0 Å². The number of fused-ring (bicyclic) bond motifs is 2. The molecule has 4 rings (SSSR count). The van der Waals surface area contributed by atoms with Gasteiger partial charge in [-0.1, -0.05) is 12.1 Å². The highest BCUT2D eigenvalue weighted by Gasteiger charge is 2.33. The van der Waals surface area contributed by atoms with Crippen molar-refractivity contribution in [1.82, 2.24) is 0 Å². The van der Waals surface area contributed by atoms with E-state index in [1.807, 2.05) is 0 Å². The van der Waals surface area contributed by atoms with Gasteiger partial charge in [0.15, 0.2) is 0 Å². The molecule has 0 unspecified atom stereocenters. The number of anilines is 1. The maximum Gasteiger partial charge on any atom is 0.0352 e. The van der Waals surface area contributed by atoms with Gasteiger partial charge in [-0.3, -0.25) is 0 Å². The molecule has 2 bridgehead atoms. The van der Waals surface area contributed by atoms with Gasteiger partial charge in [0.05, 0.1) is 0 Å². The van der Waals surface area contributed by atoms with Crippen LogP contribution in [-0.2, 0) is 0 Å². The standard InChI is InChI=1S/C12H15N/c13-11-3-1-2-10-8-4-6-9(7-5-8)12(10)11/h1-3,8-9H,4-7,13H2. The lowest BCUT2D eigenvalue weighted by atomic mass is 9.66. The van der Waals surface area contributed by atoms with Crippen LogP contribution in [0, 0.1) is 0 Å². The Balaban J connectivity index is 2.23. The zero-order valence-corrected chi connectivity index (χ0v) is 7.79. The van der Waals surface area contributed by atoms with Crippen molar-refractivity contribution < 1.29 is 0 Å². The summed E-state index contributed by atoms with van der Waals surface area (Å²) in [6.07, 6.45) is 5.51. The Hall–Kier alpha value is -0.980. The molecule has 3 aliphatic rings. The molecule has 1 heteroatoms. The minimum absolute atomic E-state index is 0.779. The van der Waals surface area contributed by atoms with Crippen molar-refractivity contribution in [1.29, 1.82) is 0 Å². The van der Waals surface area contributed by atoms with Crippen LogP contribution < -0.4 is 5.73 Å². The highest BCUT2D eigenvalue weighted by atomic mass is 14.6. The maximum atomic E-state index is 6.03. The van der Waals surface area contributed by atoms with Gasteiger partial charge in [0.2, 0.25) is 0 Å². The molecular formula is C12H15N. The molecule has 13 heavy (non-hydrogen) atoms.